The fraction of sp³-hybridized carbons (Fsp3) is 0.519. The van der Waals surface area contributed by atoms with E-state index in [1.54, 1.807) is 13.8 Å². The molecule has 0 fully saturated rings. The normalized spacial score (nSPS) is 13.3. The molecule has 0 radical (unpaired) electrons. The molecule has 2 nitrogen and oxygen atoms in total. The van der Waals surface area contributed by atoms with E-state index in [-0.39, 0.29) is 11.0 Å². The molecule has 0 unspecified atom stereocenters. The Kier molecular flexibility index (Phi) is 6.47. The second-order valence-electron chi connectivity index (χ2n) is 11.3. The van der Waals surface area contributed by atoms with Crippen LogP contribution in [0.2, 0.25) is 0 Å². The lowest BCUT2D eigenvalue weighted by Gasteiger charge is -2.38. The molecule has 0 bridgehead atoms. The molecule has 31 heavy (non-hydrogen) atoms. The topological polar surface area (TPSA) is 33.0 Å². The van der Waals surface area contributed by atoms with Crippen LogP contribution in [0.25, 0.3) is 0 Å². The average Bonchev–Trinajstić information content (AvgIpc) is 2.60. The van der Waals surface area contributed by atoms with E-state index >= 15 is 4.39 Å². The third kappa shape index (κ3) is 5.33. The van der Waals surface area contributed by atoms with Crippen molar-refractivity contribution >= 4 is 0 Å². The highest BCUT2D eigenvalue weighted by atomic mass is 19.1. The summed E-state index contributed by atoms with van der Waals surface area (Å²) in [6, 6.07) is 10.5. The van der Waals surface area contributed by atoms with Gasteiger partial charge < -0.3 is 4.74 Å². The Morgan fingerprint density at radius 2 is 1.16 bits per heavy atom. The number of ether oxygens (including phenoxy) is 1. The number of hydrogen-bond acceptors (Lipinski definition) is 2. The Morgan fingerprint density at radius 1 is 0.677 bits per heavy atom. The molecule has 0 aliphatic rings. The number of benzene rings is 2. The fourth-order valence-electron chi connectivity index (χ4n) is 4.00. The first-order valence-electron chi connectivity index (χ1n) is 10.7. The van der Waals surface area contributed by atoms with Crippen LogP contribution in [0, 0.1) is 23.0 Å². The van der Waals surface area contributed by atoms with Gasteiger partial charge in [-0.05, 0) is 73.4 Å². The van der Waals surface area contributed by atoms with E-state index < -0.39 is 28.3 Å². The van der Waals surface area contributed by atoms with Crippen molar-refractivity contribution in [2.45, 2.75) is 91.3 Å². The summed E-state index contributed by atoms with van der Waals surface area (Å²) in [5.41, 5.74) is 0.248. The molecule has 2 aromatic rings. The Bertz CT molecular complexity index is 1020. The predicted molar refractivity (Wildman–Crippen MR) is 122 cm³/mol. The van der Waals surface area contributed by atoms with Gasteiger partial charge in [-0.1, -0.05) is 53.7 Å². The summed E-state index contributed by atoms with van der Waals surface area (Å²) in [4.78, 5) is 0. The van der Waals surface area contributed by atoms with Crippen molar-refractivity contribution in [3.05, 3.63) is 69.8 Å². The lowest BCUT2D eigenvalue weighted by molar-refractivity contribution is -0.133. The van der Waals surface area contributed by atoms with Crippen molar-refractivity contribution in [1.82, 2.24) is 0 Å². The summed E-state index contributed by atoms with van der Waals surface area (Å²) in [7, 11) is 0. The smallest absolute Gasteiger partial charge is 0.129 e. The van der Waals surface area contributed by atoms with E-state index in [4.69, 9.17) is 4.74 Å². The zero-order valence-corrected chi connectivity index (χ0v) is 20.5. The van der Waals surface area contributed by atoms with Gasteiger partial charge in [-0.2, -0.15) is 5.26 Å². The average molecular weight is 428 g/mol. The standard InChI is InChI=1S/C27H35F2NO/c1-24(2,3)19-12-11-18(13-17(19)16-30)26(7,8)31-27(9,10)21-15-22(28)20(14-23(21)29)25(4,5)6/h11-15H,1-10H3. The molecule has 0 N–H and O–H groups in total. The Balaban J connectivity index is 2.47. The number of rotatable bonds is 4. The highest BCUT2D eigenvalue weighted by Crippen LogP contribution is 2.39. The third-order valence-electron chi connectivity index (χ3n) is 5.67. The third-order valence-corrected chi connectivity index (χ3v) is 5.67. The zero-order chi connectivity index (χ0) is 24.0. The van der Waals surface area contributed by atoms with Crippen LogP contribution >= 0.6 is 0 Å². The highest BCUT2D eigenvalue weighted by Gasteiger charge is 2.36. The number of nitriles is 1. The summed E-state index contributed by atoms with van der Waals surface area (Å²) in [5, 5.41) is 9.66. The summed E-state index contributed by atoms with van der Waals surface area (Å²) in [5.74, 6) is -0.937. The molecule has 0 aliphatic heterocycles. The first-order valence-corrected chi connectivity index (χ1v) is 10.7. The van der Waals surface area contributed by atoms with Crippen molar-refractivity contribution < 1.29 is 13.5 Å². The molecule has 2 rings (SSSR count). The summed E-state index contributed by atoms with van der Waals surface area (Å²) < 4.78 is 36.2. The van der Waals surface area contributed by atoms with Gasteiger partial charge in [0.25, 0.3) is 0 Å². The molecule has 0 amide bonds. The van der Waals surface area contributed by atoms with E-state index in [2.05, 4.69) is 26.8 Å². The molecule has 4 heteroatoms. The monoisotopic (exact) mass is 427 g/mol. The number of hydrogen-bond donors (Lipinski definition) is 0. The molecule has 0 spiro atoms. The van der Waals surface area contributed by atoms with Crippen LogP contribution in [0.1, 0.15) is 97.1 Å². The van der Waals surface area contributed by atoms with Gasteiger partial charge in [0, 0.05) is 5.56 Å². The molecule has 2 aromatic carbocycles. The fourth-order valence-corrected chi connectivity index (χ4v) is 4.00. The summed E-state index contributed by atoms with van der Waals surface area (Å²) in [6.45, 7) is 19.0. The maximum atomic E-state index is 15.0. The van der Waals surface area contributed by atoms with Gasteiger partial charge in [-0.25, -0.2) is 8.78 Å². The van der Waals surface area contributed by atoms with E-state index in [0.717, 1.165) is 11.1 Å². The molecular weight excluding hydrogens is 392 g/mol. The first kappa shape index (κ1) is 25.0. The predicted octanol–water partition coefficient (Wildman–Crippen LogP) is 7.62. The molecule has 0 saturated carbocycles. The van der Waals surface area contributed by atoms with Gasteiger partial charge in [0.1, 0.15) is 11.6 Å². The summed E-state index contributed by atoms with van der Waals surface area (Å²) in [6.07, 6.45) is 0. The maximum Gasteiger partial charge on any atom is 0.129 e. The molecule has 0 aliphatic carbocycles. The van der Waals surface area contributed by atoms with Gasteiger partial charge in [0.15, 0.2) is 0 Å². The van der Waals surface area contributed by atoms with Gasteiger partial charge in [0.05, 0.1) is 22.8 Å². The van der Waals surface area contributed by atoms with Gasteiger partial charge in [-0.15, -0.1) is 0 Å². The number of halogens is 2. The zero-order valence-electron chi connectivity index (χ0n) is 20.5. The van der Waals surface area contributed by atoms with Crippen LogP contribution in [0.15, 0.2) is 30.3 Å². The Labute approximate surface area is 186 Å². The second-order valence-corrected chi connectivity index (χ2v) is 11.3. The van der Waals surface area contributed by atoms with E-state index in [1.807, 2.05) is 52.8 Å². The molecular formula is C27H35F2NO. The lowest BCUT2D eigenvalue weighted by Crippen LogP contribution is -2.34. The van der Waals surface area contributed by atoms with Crippen LogP contribution in [-0.4, -0.2) is 0 Å². The van der Waals surface area contributed by atoms with Gasteiger partial charge >= 0.3 is 0 Å². The minimum atomic E-state index is -1.10. The number of nitrogens with zero attached hydrogens (tertiary/aromatic N) is 1. The molecule has 0 heterocycles. The SMILES string of the molecule is CC(C)(C)c1cc(F)c(C(C)(C)OC(C)(C)c2ccc(C(C)(C)C)c(C#N)c2)cc1F. The molecule has 168 valence electrons. The van der Waals surface area contributed by atoms with Crippen molar-refractivity contribution in [3.63, 3.8) is 0 Å². The van der Waals surface area contributed by atoms with E-state index in [0.29, 0.717) is 11.1 Å². The van der Waals surface area contributed by atoms with Crippen molar-refractivity contribution in [3.8, 4) is 6.07 Å². The van der Waals surface area contributed by atoms with Crippen LogP contribution in [0.4, 0.5) is 8.78 Å². The van der Waals surface area contributed by atoms with Crippen molar-refractivity contribution in [1.29, 1.82) is 5.26 Å². The Hall–Kier alpha value is -2.25. The second kappa shape index (κ2) is 8.02. The highest BCUT2D eigenvalue weighted by molar-refractivity contribution is 5.45. The van der Waals surface area contributed by atoms with Gasteiger partial charge in [0.2, 0.25) is 0 Å². The molecule has 0 saturated heterocycles. The van der Waals surface area contributed by atoms with Crippen LogP contribution in [-0.2, 0) is 26.8 Å². The van der Waals surface area contributed by atoms with Crippen molar-refractivity contribution in [2.24, 2.45) is 0 Å². The lowest BCUT2D eigenvalue weighted by atomic mass is 9.81. The van der Waals surface area contributed by atoms with Crippen LogP contribution < -0.4 is 0 Å². The largest absolute Gasteiger partial charge is 0.360 e. The summed E-state index contributed by atoms with van der Waals surface area (Å²) >= 11 is 0. The molecule has 0 aromatic heterocycles. The van der Waals surface area contributed by atoms with Crippen LogP contribution in [0.5, 0.6) is 0 Å². The minimum Gasteiger partial charge on any atom is -0.360 e. The quantitative estimate of drug-likeness (QED) is 0.503. The molecule has 0 atom stereocenters. The van der Waals surface area contributed by atoms with Crippen LogP contribution in [0.3, 0.4) is 0 Å². The van der Waals surface area contributed by atoms with E-state index in [9.17, 15) is 9.65 Å². The maximum absolute atomic E-state index is 15.0. The van der Waals surface area contributed by atoms with Gasteiger partial charge in [-0.3, -0.25) is 0 Å². The van der Waals surface area contributed by atoms with E-state index in [1.165, 1.54) is 12.1 Å². The Morgan fingerprint density at radius 3 is 1.65 bits per heavy atom. The first-order chi connectivity index (χ1) is 13.9. The minimum absolute atomic E-state index is 0.163. The van der Waals surface area contributed by atoms with Crippen molar-refractivity contribution in [2.75, 3.05) is 0 Å².